The number of ether oxygens (including phenoxy) is 1. The van der Waals surface area contributed by atoms with Gasteiger partial charge in [-0.05, 0) is 32.2 Å². The second-order valence-corrected chi connectivity index (χ2v) is 4.63. The standard InChI is InChI=1S/C13H24N2O2/c1-3-8-15-13(16)10(2)17-12-7-5-4-6-11(12)9-14/h3,10-12H,1,4-9,14H2,2H3,(H,15,16). The highest BCUT2D eigenvalue weighted by molar-refractivity contribution is 5.80. The Labute approximate surface area is 104 Å². The Balaban J connectivity index is 2.39. The zero-order chi connectivity index (χ0) is 12.7. The largest absolute Gasteiger partial charge is 0.365 e. The lowest BCUT2D eigenvalue weighted by atomic mass is 9.86. The molecule has 1 rings (SSSR count). The number of hydrogen-bond acceptors (Lipinski definition) is 3. The summed E-state index contributed by atoms with van der Waals surface area (Å²) in [6.07, 6.45) is 5.91. The quantitative estimate of drug-likeness (QED) is 0.686. The molecule has 1 saturated carbocycles. The van der Waals surface area contributed by atoms with Crippen LogP contribution in [0.1, 0.15) is 32.6 Å². The summed E-state index contributed by atoms with van der Waals surface area (Å²) in [7, 11) is 0. The molecule has 98 valence electrons. The molecule has 3 N–H and O–H groups in total. The van der Waals surface area contributed by atoms with Gasteiger partial charge >= 0.3 is 0 Å². The Kier molecular flexibility index (Phi) is 6.22. The fourth-order valence-electron chi connectivity index (χ4n) is 2.26. The van der Waals surface area contributed by atoms with E-state index in [9.17, 15) is 4.79 Å². The van der Waals surface area contributed by atoms with Crippen LogP contribution in [0.3, 0.4) is 0 Å². The molecule has 3 atom stereocenters. The van der Waals surface area contributed by atoms with Gasteiger partial charge in [0.15, 0.2) is 0 Å². The van der Waals surface area contributed by atoms with E-state index in [2.05, 4.69) is 11.9 Å². The van der Waals surface area contributed by atoms with Crippen LogP contribution in [0.4, 0.5) is 0 Å². The van der Waals surface area contributed by atoms with Crippen molar-refractivity contribution in [2.75, 3.05) is 13.1 Å². The second kappa shape index (κ2) is 7.45. The van der Waals surface area contributed by atoms with Crippen molar-refractivity contribution in [3.8, 4) is 0 Å². The van der Waals surface area contributed by atoms with Crippen LogP contribution in [0.5, 0.6) is 0 Å². The van der Waals surface area contributed by atoms with E-state index in [1.165, 1.54) is 12.8 Å². The van der Waals surface area contributed by atoms with Crippen molar-refractivity contribution in [2.45, 2.75) is 44.8 Å². The lowest BCUT2D eigenvalue weighted by Gasteiger charge is -2.32. The molecule has 4 heteroatoms. The minimum Gasteiger partial charge on any atom is -0.365 e. The Morgan fingerprint density at radius 3 is 2.94 bits per heavy atom. The number of hydrogen-bond donors (Lipinski definition) is 2. The monoisotopic (exact) mass is 240 g/mol. The normalized spacial score (nSPS) is 26.2. The van der Waals surface area contributed by atoms with Crippen LogP contribution in [0, 0.1) is 5.92 Å². The smallest absolute Gasteiger partial charge is 0.249 e. The van der Waals surface area contributed by atoms with Crippen LogP contribution in [-0.4, -0.2) is 31.2 Å². The summed E-state index contributed by atoms with van der Waals surface area (Å²) in [5, 5.41) is 2.74. The number of nitrogens with two attached hydrogens (primary N) is 1. The molecular formula is C13H24N2O2. The van der Waals surface area contributed by atoms with E-state index in [1.54, 1.807) is 13.0 Å². The molecule has 1 aliphatic rings. The summed E-state index contributed by atoms with van der Waals surface area (Å²) in [5.41, 5.74) is 5.73. The van der Waals surface area contributed by atoms with Crippen molar-refractivity contribution in [1.29, 1.82) is 0 Å². The maximum Gasteiger partial charge on any atom is 0.249 e. The van der Waals surface area contributed by atoms with Crippen LogP contribution >= 0.6 is 0 Å². The summed E-state index contributed by atoms with van der Waals surface area (Å²) in [5.74, 6) is 0.324. The summed E-state index contributed by atoms with van der Waals surface area (Å²) in [4.78, 5) is 11.7. The molecule has 4 nitrogen and oxygen atoms in total. The number of amides is 1. The molecule has 3 unspecified atom stereocenters. The van der Waals surface area contributed by atoms with Crippen molar-refractivity contribution in [3.05, 3.63) is 12.7 Å². The van der Waals surface area contributed by atoms with Gasteiger partial charge < -0.3 is 15.8 Å². The van der Waals surface area contributed by atoms with Gasteiger partial charge in [-0.2, -0.15) is 0 Å². The molecule has 0 aromatic rings. The van der Waals surface area contributed by atoms with E-state index >= 15 is 0 Å². The first-order valence-corrected chi connectivity index (χ1v) is 6.43. The Morgan fingerprint density at radius 2 is 2.29 bits per heavy atom. The molecule has 0 spiro atoms. The molecule has 0 bridgehead atoms. The van der Waals surface area contributed by atoms with Crippen LogP contribution in [0.25, 0.3) is 0 Å². The second-order valence-electron chi connectivity index (χ2n) is 4.63. The topological polar surface area (TPSA) is 64.3 Å². The molecule has 0 saturated heterocycles. The zero-order valence-corrected chi connectivity index (χ0v) is 10.7. The molecule has 1 fully saturated rings. The minimum absolute atomic E-state index is 0.0776. The summed E-state index contributed by atoms with van der Waals surface area (Å²) in [6, 6.07) is 0. The summed E-state index contributed by atoms with van der Waals surface area (Å²) >= 11 is 0. The van der Waals surface area contributed by atoms with E-state index < -0.39 is 6.10 Å². The Bertz CT molecular complexity index is 256. The predicted molar refractivity (Wildman–Crippen MR) is 68.6 cm³/mol. The Hall–Kier alpha value is -0.870. The van der Waals surface area contributed by atoms with Crippen LogP contribution in [0.2, 0.25) is 0 Å². The number of rotatable bonds is 6. The number of carbonyl (C=O) groups excluding carboxylic acids is 1. The van der Waals surface area contributed by atoms with Crippen molar-refractivity contribution in [2.24, 2.45) is 11.7 Å². The molecule has 0 aliphatic heterocycles. The van der Waals surface area contributed by atoms with Gasteiger partial charge in [-0.3, -0.25) is 4.79 Å². The van der Waals surface area contributed by atoms with Gasteiger partial charge in [0.25, 0.3) is 0 Å². The predicted octanol–water partition coefficient (Wildman–Crippen LogP) is 1.21. The zero-order valence-electron chi connectivity index (χ0n) is 10.7. The molecule has 0 heterocycles. The molecule has 1 amide bonds. The van der Waals surface area contributed by atoms with Gasteiger partial charge in [-0.15, -0.1) is 6.58 Å². The van der Waals surface area contributed by atoms with Gasteiger partial charge in [0.2, 0.25) is 5.91 Å². The number of carbonyl (C=O) groups is 1. The third-order valence-electron chi connectivity index (χ3n) is 3.31. The average Bonchev–Trinajstić information content (AvgIpc) is 2.36. The molecule has 1 aliphatic carbocycles. The van der Waals surface area contributed by atoms with Gasteiger partial charge in [-0.25, -0.2) is 0 Å². The highest BCUT2D eigenvalue weighted by atomic mass is 16.5. The summed E-state index contributed by atoms with van der Waals surface area (Å²) < 4.78 is 5.83. The SMILES string of the molecule is C=CCNC(=O)C(C)OC1CCCCC1CN. The van der Waals surface area contributed by atoms with Crippen molar-refractivity contribution >= 4 is 5.91 Å². The van der Waals surface area contributed by atoms with E-state index in [4.69, 9.17) is 10.5 Å². The first-order valence-electron chi connectivity index (χ1n) is 6.43. The molecule has 17 heavy (non-hydrogen) atoms. The van der Waals surface area contributed by atoms with Crippen molar-refractivity contribution in [3.63, 3.8) is 0 Å². The van der Waals surface area contributed by atoms with E-state index in [0.717, 1.165) is 12.8 Å². The molecule has 0 radical (unpaired) electrons. The first kappa shape index (κ1) is 14.2. The summed E-state index contributed by atoms with van der Waals surface area (Å²) in [6.45, 7) is 6.48. The van der Waals surface area contributed by atoms with Crippen LogP contribution < -0.4 is 11.1 Å². The first-order chi connectivity index (χ1) is 8.19. The molecule has 0 aromatic carbocycles. The molecular weight excluding hydrogens is 216 g/mol. The maximum atomic E-state index is 11.7. The van der Waals surface area contributed by atoms with E-state index in [0.29, 0.717) is 19.0 Å². The van der Waals surface area contributed by atoms with Gasteiger partial charge in [0.05, 0.1) is 6.10 Å². The van der Waals surface area contributed by atoms with Gasteiger partial charge in [-0.1, -0.05) is 18.9 Å². The number of nitrogens with one attached hydrogen (secondary N) is 1. The Morgan fingerprint density at radius 1 is 1.59 bits per heavy atom. The lowest BCUT2D eigenvalue weighted by molar-refractivity contribution is -0.138. The average molecular weight is 240 g/mol. The highest BCUT2D eigenvalue weighted by Crippen LogP contribution is 2.26. The third kappa shape index (κ3) is 4.48. The maximum absolute atomic E-state index is 11.7. The lowest BCUT2D eigenvalue weighted by Crippen LogP contribution is -2.41. The van der Waals surface area contributed by atoms with Crippen molar-refractivity contribution in [1.82, 2.24) is 5.32 Å². The fourth-order valence-corrected chi connectivity index (χ4v) is 2.26. The molecule has 0 aromatic heterocycles. The fraction of sp³-hybridized carbons (Fsp3) is 0.769. The third-order valence-corrected chi connectivity index (χ3v) is 3.31. The van der Waals surface area contributed by atoms with Crippen LogP contribution in [0.15, 0.2) is 12.7 Å². The van der Waals surface area contributed by atoms with E-state index in [1.807, 2.05) is 0 Å². The highest BCUT2D eigenvalue weighted by Gasteiger charge is 2.27. The van der Waals surface area contributed by atoms with Gasteiger partial charge in [0.1, 0.15) is 6.10 Å². The van der Waals surface area contributed by atoms with E-state index in [-0.39, 0.29) is 12.0 Å². The van der Waals surface area contributed by atoms with Crippen molar-refractivity contribution < 1.29 is 9.53 Å². The van der Waals surface area contributed by atoms with Crippen LogP contribution in [-0.2, 0) is 9.53 Å². The van der Waals surface area contributed by atoms with Gasteiger partial charge in [0, 0.05) is 6.54 Å². The minimum atomic E-state index is -0.410.